The zero-order valence-electron chi connectivity index (χ0n) is 12.7. The van der Waals surface area contributed by atoms with Crippen molar-refractivity contribution in [3.63, 3.8) is 0 Å². The van der Waals surface area contributed by atoms with Crippen molar-refractivity contribution in [2.75, 3.05) is 18.5 Å². The normalized spacial score (nSPS) is 11.1. The van der Waals surface area contributed by atoms with Crippen LogP contribution in [0.2, 0.25) is 5.02 Å². The molecule has 0 radical (unpaired) electrons. The number of unbranched alkanes of at least 4 members (excludes halogenated alkanes) is 2. The van der Waals surface area contributed by atoms with E-state index in [1.54, 1.807) is 0 Å². The molecule has 0 saturated heterocycles. The molecule has 0 amide bonds. The maximum Gasteiger partial charge on any atom is 0.0471 e. The molecule has 2 nitrogen and oxygen atoms in total. The van der Waals surface area contributed by atoms with Crippen molar-refractivity contribution in [2.45, 2.75) is 52.6 Å². The third-order valence-electron chi connectivity index (χ3n) is 3.28. The first-order valence-corrected chi connectivity index (χ1v) is 7.65. The Kier molecular flexibility index (Phi) is 7.25. The summed E-state index contributed by atoms with van der Waals surface area (Å²) in [5.41, 5.74) is 2.37. The van der Waals surface area contributed by atoms with Gasteiger partial charge in [0.05, 0.1) is 0 Å². The van der Waals surface area contributed by atoms with Gasteiger partial charge in [-0.1, -0.05) is 51.3 Å². The minimum Gasteiger partial charge on any atom is -0.375 e. The van der Waals surface area contributed by atoms with E-state index in [1.165, 1.54) is 30.5 Å². The predicted octanol–water partition coefficient (Wildman–Crippen LogP) is 4.46. The number of hydrogen-bond acceptors (Lipinski definition) is 2. The minimum absolute atomic E-state index is 0.479. The molecule has 0 atom stereocenters. The van der Waals surface area contributed by atoms with Crippen molar-refractivity contribution < 1.29 is 0 Å². The Bertz CT molecular complexity index is 377. The van der Waals surface area contributed by atoms with Gasteiger partial charge in [-0.3, -0.25) is 0 Å². The van der Waals surface area contributed by atoms with Crippen LogP contribution < -0.4 is 10.2 Å². The molecule has 0 saturated carbocycles. The third kappa shape index (κ3) is 5.84. The second-order valence-corrected chi connectivity index (χ2v) is 5.85. The molecule has 19 heavy (non-hydrogen) atoms. The van der Waals surface area contributed by atoms with Crippen LogP contribution in [0.15, 0.2) is 18.2 Å². The van der Waals surface area contributed by atoms with Gasteiger partial charge < -0.3 is 10.2 Å². The minimum atomic E-state index is 0.479. The molecule has 0 aromatic heterocycles. The van der Waals surface area contributed by atoms with Crippen LogP contribution in [0.3, 0.4) is 0 Å². The maximum atomic E-state index is 6.35. The Morgan fingerprint density at radius 2 is 2.00 bits per heavy atom. The van der Waals surface area contributed by atoms with E-state index < -0.39 is 0 Å². The predicted molar refractivity (Wildman–Crippen MR) is 86.2 cm³/mol. The average molecular weight is 283 g/mol. The standard InChI is InChI=1S/C16H27ClN2/c1-5-6-7-10-19(4)15-9-8-14(16(17)11-15)12-18-13(2)3/h8-9,11,13,18H,5-7,10,12H2,1-4H3. The summed E-state index contributed by atoms with van der Waals surface area (Å²) in [5.74, 6) is 0. The molecular formula is C16H27ClN2. The molecule has 0 aliphatic carbocycles. The van der Waals surface area contributed by atoms with Gasteiger partial charge in [0.15, 0.2) is 0 Å². The average Bonchev–Trinajstić information content (AvgIpc) is 2.37. The lowest BCUT2D eigenvalue weighted by Gasteiger charge is -2.20. The molecular weight excluding hydrogens is 256 g/mol. The highest BCUT2D eigenvalue weighted by atomic mass is 35.5. The van der Waals surface area contributed by atoms with Crippen LogP contribution in [0.4, 0.5) is 5.69 Å². The van der Waals surface area contributed by atoms with Crippen molar-refractivity contribution in [1.82, 2.24) is 5.32 Å². The van der Waals surface area contributed by atoms with E-state index in [9.17, 15) is 0 Å². The zero-order chi connectivity index (χ0) is 14.3. The second-order valence-electron chi connectivity index (χ2n) is 5.44. The molecule has 0 spiro atoms. The second kappa shape index (κ2) is 8.44. The lowest BCUT2D eigenvalue weighted by Crippen LogP contribution is -2.22. The van der Waals surface area contributed by atoms with Crippen LogP contribution in [-0.2, 0) is 6.54 Å². The topological polar surface area (TPSA) is 15.3 Å². The molecule has 0 aliphatic rings. The van der Waals surface area contributed by atoms with Gasteiger partial charge in [-0.2, -0.15) is 0 Å². The summed E-state index contributed by atoms with van der Waals surface area (Å²) >= 11 is 6.35. The highest BCUT2D eigenvalue weighted by molar-refractivity contribution is 6.31. The quantitative estimate of drug-likeness (QED) is 0.708. The van der Waals surface area contributed by atoms with E-state index >= 15 is 0 Å². The smallest absolute Gasteiger partial charge is 0.0471 e. The highest BCUT2D eigenvalue weighted by Gasteiger charge is 2.06. The van der Waals surface area contributed by atoms with Gasteiger partial charge in [-0.15, -0.1) is 0 Å². The van der Waals surface area contributed by atoms with Gasteiger partial charge in [-0.25, -0.2) is 0 Å². The van der Waals surface area contributed by atoms with Crippen molar-refractivity contribution in [3.8, 4) is 0 Å². The molecule has 0 heterocycles. The van der Waals surface area contributed by atoms with E-state index in [0.29, 0.717) is 6.04 Å². The van der Waals surface area contributed by atoms with E-state index in [2.05, 4.69) is 56.2 Å². The monoisotopic (exact) mass is 282 g/mol. The molecule has 3 heteroatoms. The largest absolute Gasteiger partial charge is 0.375 e. The third-order valence-corrected chi connectivity index (χ3v) is 3.63. The fraction of sp³-hybridized carbons (Fsp3) is 0.625. The summed E-state index contributed by atoms with van der Waals surface area (Å²) in [6, 6.07) is 6.84. The first-order valence-electron chi connectivity index (χ1n) is 7.27. The van der Waals surface area contributed by atoms with Crippen molar-refractivity contribution in [1.29, 1.82) is 0 Å². The fourth-order valence-electron chi connectivity index (χ4n) is 1.96. The maximum absolute atomic E-state index is 6.35. The Labute approximate surface area is 123 Å². The zero-order valence-corrected chi connectivity index (χ0v) is 13.4. The number of halogens is 1. The van der Waals surface area contributed by atoms with E-state index in [1.807, 2.05) is 0 Å². The van der Waals surface area contributed by atoms with Crippen LogP contribution >= 0.6 is 11.6 Å². The van der Waals surface area contributed by atoms with Gasteiger partial charge in [0, 0.05) is 36.9 Å². The van der Waals surface area contributed by atoms with Crippen molar-refractivity contribution >= 4 is 17.3 Å². The summed E-state index contributed by atoms with van der Waals surface area (Å²) in [6.45, 7) is 8.44. The molecule has 0 bridgehead atoms. The molecule has 1 aromatic carbocycles. The van der Waals surface area contributed by atoms with E-state index in [0.717, 1.165) is 18.1 Å². The number of anilines is 1. The van der Waals surface area contributed by atoms with E-state index in [-0.39, 0.29) is 0 Å². The lowest BCUT2D eigenvalue weighted by molar-refractivity contribution is 0.589. The number of benzene rings is 1. The Morgan fingerprint density at radius 3 is 2.58 bits per heavy atom. The van der Waals surface area contributed by atoms with Crippen LogP contribution in [0, 0.1) is 0 Å². The molecule has 0 fully saturated rings. The van der Waals surface area contributed by atoms with Crippen molar-refractivity contribution in [3.05, 3.63) is 28.8 Å². The number of nitrogens with zero attached hydrogens (tertiary/aromatic N) is 1. The molecule has 1 N–H and O–H groups in total. The summed E-state index contributed by atoms with van der Waals surface area (Å²) in [5, 5.41) is 4.25. The van der Waals surface area contributed by atoms with Gasteiger partial charge >= 0.3 is 0 Å². The van der Waals surface area contributed by atoms with Gasteiger partial charge in [0.1, 0.15) is 0 Å². The van der Waals surface area contributed by atoms with Gasteiger partial charge in [0.25, 0.3) is 0 Å². The summed E-state index contributed by atoms with van der Waals surface area (Å²) < 4.78 is 0. The number of rotatable bonds is 8. The van der Waals surface area contributed by atoms with Crippen LogP contribution in [0.1, 0.15) is 45.6 Å². The molecule has 108 valence electrons. The fourth-order valence-corrected chi connectivity index (χ4v) is 2.20. The number of hydrogen-bond donors (Lipinski definition) is 1. The molecule has 1 aromatic rings. The molecule has 1 rings (SSSR count). The Morgan fingerprint density at radius 1 is 1.26 bits per heavy atom. The molecule has 0 aliphatic heterocycles. The highest BCUT2D eigenvalue weighted by Crippen LogP contribution is 2.23. The first kappa shape index (κ1) is 16.3. The lowest BCUT2D eigenvalue weighted by atomic mass is 10.1. The van der Waals surface area contributed by atoms with Crippen molar-refractivity contribution in [2.24, 2.45) is 0 Å². The van der Waals surface area contributed by atoms with E-state index in [4.69, 9.17) is 11.6 Å². The van der Waals surface area contributed by atoms with Gasteiger partial charge in [0.2, 0.25) is 0 Å². The Balaban J connectivity index is 2.59. The van der Waals surface area contributed by atoms with Gasteiger partial charge in [-0.05, 0) is 24.1 Å². The summed E-state index contributed by atoms with van der Waals surface area (Å²) in [4.78, 5) is 2.28. The Hall–Kier alpha value is -0.730. The molecule has 0 unspecified atom stereocenters. The first-order chi connectivity index (χ1) is 9.04. The van der Waals surface area contributed by atoms with Crippen LogP contribution in [0.25, 0.3) is 0 Å². The van der Waals surface area contributed by atoms with Crippen LogP contribution in [-0.4, -0.2) is 19.6 Å². The SMILES string of the molecule is CCCCCN(C)c1ccc(CNC(C)C)c(Cl)c1. The summed E-state index contributed by atoms with van der Waals surface area (Å²) in [6.07, 6.45) is 3.78. The number of nitrogens with one attached hydrogen (secondary N) is 1. The van der Waals surface area contributed by atoms with Crippen LogP contribution in [0.5, 0.6) is 0 Å². The summed E-state index contributed by atoms with van der Waals surface area (Å²) in [7, 11) is 2.13.